The minimum absolute atomic E-state index is 0.168. The van der Waals surface area contributed by atoms with Gasteiger partial charge in [0, 0.05) is 16.7 Å². The van der Waals surface area contributed by atoms with E-state index in [0.717, 1.165) is 23.7 Å². The third kappa shape index (κ3) is 5.62. The molecule has 0 fully saturated rings. The summed E-state index contributed by atoms with van der Waals surface area (Å²) < 4.78 is 31.0. The largest absolute Gasteiger partial charge is 0.439 e. The number of nitrogens with zero attached hydrogens (tertiary/aromatic N) is 1. The van der Waals surface area contributed by atoms with Crippen LogP contribution in [0.1, 0.15) is 32.6 Å². The quantitative estimate of drug-likeness (QED) is 0.588. The van der Waals surface area contributed by atoms with Gasteiger partial charge in [0.2, 0.25) is 5.88 Å². The molecule has 0 aliphatic heterocycles. The molecular weight excluding hydrogens is 378 g/mol. The van der Waals surface area contributed by atoms with Crippen molar-refractivity contribution in [3.63, 3.8) is 0 Å². The molecule has 1 aromatic carbocycles. The summed E-state index contributed by atoms with van der Waals surface area (Å²) in [5.41, 5.74) is 0. The Bertz CT molecular complexity index is 713. The number of hydrogen-bond acceptors (Lipinski definition) is 4. The lowest BCUT2D eigenvalue weighted by molar-refractivity contribution is 0.462. The summed E-state index contributed by atoms with van der Waals surface area (Å²) in [7, 11) is -3.26. The van der Waals surface area contributed by atoms with Crippen LogP contribution in [0.5, 0.6) is 11.6 Å². The van der Waals surface area contributed by atoms with Crippen molar-refractivity contribution in [1.29, 1.82) is 0 Å². The van der Waals surface area contributed by atoms with Gasteiger partial charge < -0.3 is 4.74 Å². The molecule has 1 heterocycles. The Hall–Kier alpha value is -1.40. The molecule has 124 valence electrons. The van der Waals surface area contributed by atoms with Crippen molar-refractivity contribution >= 4 is 25.8 Å². The van der Waals surface area contributed by atoms with Gasteiger partial charge in [-0.25, -0.2) is 13.4 Å². The molecule has 0 N–H and O–H groups in total. The van der Waals surface area contributed by atoms with Crippen molar-refractivity contribution in [2.45, 2.75) is 37.5 Å². The number of aromatic nitrogens is 1. The molecule has 0 aliphatic rings. The molecule has 0 unspecified atom stereocenters. The fourth-order valence-electron chi connectivity index (χ4n) is 2.07. The van der Waals surface area contributed by atoms with Crippen molar-refractivity contribution in [1.82, 2.24) is 4.98 Å². The zero-order valence-corrected chi connectivity index (χ0v) is 15.4. The predicted molar refractivity (Wildman–Crippen MR) is 94.6 cm³/mol. The fourth-order valence-corrected chi connectivity index (χ4v) is 3.64. The van der Waals surface area contributed by atoms with E-state index in [4.69, 9.17) is 4.74 Å². The van der Waals surface area contributed by atoms with Gasteiger partial charge in [-0.1, -0.05) is 42.1 Å². The van der Waals surface area contributed by atoms with Crippen LogP contribution in [-0.4, -0.2) is 19.2 Å². The molecule has 2 rings (SSSR count). The van der Waals surface area contributed by atoms with Crippen molar-refractivity contribution in [3.8, 4) is 11.6 Å². The Morgan fingerprint density at radius 3 is 2.39 bits per heavy atom. The van der Waals surface area contributed by atoms with Gasteiger partial charge in [-0.05, 0) is 36.8 Å². The first-order valence-corrected chi connectivity index (χ1v) is 10.1. The molecule has 2 aromatic rings. The van der Waals surface area contributed by atoms with Crippen LogP contribution in [0.3, 0.4) is 0 Å². The van der Waals surface area contributed by atoms with Crippen molar-refractivity contribution in [2.75, 3.05) is 5.75 Å². The highest BCUT2D eigenvalue weighted by Crippen LogP contribution is 2.23. The third-order valence-corrected chi connectivity index (χ3v) is 5.69. The maximum Gasteiger partial charge on any atom is 0.219 e. The summed E-state index contributed by atoms with van der Waals surface area (Å²) in [5.74, 6) is 1.19. The van der Waals surface area contributed by atoms with Crippen LogP contribution in [-0.2, 0) is 9.84 Å². The molecule has 1 aromatic heterocycles. The number of ether oxygens (including phenoxy) is 1. The highest BCUT2D eigenvalue weighted by molar-refractivity contribution is 9.10. The molecule has 6 heteroatoms. The molecule has 0 saturated carbocycles. The van der Waals surface area contributed by atoms with Crippen molar-refractivity contribution in [2.24, 2.45) is 0 Å². The Morgan fingerprint density at radius 2 is 1.78 bits per heavy atom. The smallest absolute Gasteiger partial charge is 0.219 e. The van der Waals surface area contributed by atoms with Crippen molar-refractivity contribution in [3.05, 3.63) is 47.1 Å². The Morgan fingerprint density at radius 1 is 1.04 bits per heavy atom. The van der Waals surface area contributed by atoms with Crippen LogP contribution in [0.2, 0.25) is 0 Å². The molecule has 0 aliphatic carbocycles. The average Bonchev–Trinajstić information content (AvgIpc) is 2.54. The Kier molecular flexibility index (Phi) is 6.59. The van der Waals surface area contributed by atoms with Crippen LogP contribution >= 0.6 is 15.9 Å². The zero-order chi connectivity index (χ0) is 16.7. The maximum atomic E-state index is 12.2. The third-order valence-electron chi connectivity index (χ3n) is 3.37. The van der Waals surface area contributed by atoms with Gasteiger partial charge in [0.25, 0.3) is 0 Å². The number of hydrogen-bond donors (Lipinski definition) is 0. The molecule has 0 radical (unpaired) electrons. The molecule has 0 amide bonds. The van der Waals surface area contributed by atoms with Gasteiger partial charge in [-0.2, -0.15) is 0 Å². The summed E-state index contributed by atoms with van der Waals surface area (Å²) in [6.07, 6.45) is 5.14. The highest BCUT2D eigenvalue weighted by Gasteiger charge is 2.14. The molecule has 0 bridgehead atoms. The lowest BCUT2D eigenvalue weighted by atomic mass is 10.2. The first-order chi connectivity index (χ1) is 11.0. The SMILES string of the molecule is CCCCCCS(=O)(=O)c1ccc(Oc2ccc(Br)cc2)nc1. The van der Waals surface area contributed by atoms with Crippen LogP contribution in [0, 0.1) is 0 Å². The molecule has 0 saturated heterocycles. The first kappa shape index (κ1) is 17.9. The topological polar surface area (TPSA) is 56.3 Å². The number of benzene rings is 1. The van der Waals surface area contributed by atoms with E-state index < -0.39 is 9.84 Å². The minimum atomic E-state index is -3.26. The number of pyridine rings is 1. The van der Waals surface area contributed by atoms with E-state index in [2.05, 4.69) is 27.8 Å². The van der Waals surface area contributed by atoms with Gasteiger partial charge in [0.15, 0.2) is 9.84 Å². The van der Waals surface area contributed by atoms with E-state index in [1.165, 1.54) is 6.20 Å². The number of unbranched alkanes of at least 4 members (excludes halogenated alkanes) is 3. The average molecular weight is 398 g/mol. The lowest BCUT2D eigenvalue weighted by Crippen LogP contribution is -2.07. The summed E-state index contributed by atoms with van der Waals surface area (Å²) in [4.78, 5) is 4.34. The van der Waals surface area contributed by atoms with Crippen LogP contribution < -0.4 is 4.74 Å². The van der Waals surface area contributed by atoms with E-state index in [-0.39, 0.29) is 10.6 Å². The van der Waals surface area contributed by atoms with Gasteiger partial charge in [-0.3, -0.25) is 0 Å². The second-order valence-electron chi connectivity index (χ2n) is 5.27. The van der Waals surface area contributed by atoms with Gasteiger partial charge >= 0.3 is 0 Å². The van der Waals surface area contributed by atoms with Crippen molar-refractivity contribution < 1.29 is 13.2 Å². The summed E-state index contributed by atoms with van der Waals surface area (Å²) in [5, 5.41) is 0. The minimum Gasteiger partial charge on any atom is -0.439 e. The summed E-state index contributed by atoms with van der Waals surface area (Å²) in [6.45, 7) is 2.10. The summed E-state index contributed by atoms with van der Waals surface area (Å²) in [6, 6.07) is 10.5. The van der Waals surface area contributed by atoms with Gasteiger partial charge in [-0.15, -0.1) is 0 Å². The lowest BCUT2D eigenvalue weighted by Gasteiger charge is -2.07. The van der Waals surface area contributed by atoms with Crippen LogP contribution in [0.25, 0.3) is 0 Å². The standard InChI is InChI=1S/C17H20BrNO3S/c1-2-3-4-5-12-23(20,21)16-10-11-17(19-13-16)22-15-8-6-14(18)7-9-15/h6-11,13H,2-5,12H2,1H3. The number of halogens is 1. The molecule has 4 nitrogen and oxygen atoms in total. The summed E-state index contributed by atoms with van der Waals surface area (Å²) >= 11 is 3.35. The fraction of sp³-hybridized carbons (Fsp3) is 0.353. The number of rotatable bonds is 8. The van der Waals surface area contributed by atoms with Gasteiger partial charge in [0.05, 0.1) is 10.6 Å². The molecule has 23 heavy (non-hydrogen) atoms. The second kappa shape index (κ2) is 8.45. The molecular formula is C17H20BrNO3S. The highest BCUT2D eigenvalue weighted by atomic mass is 79.9. The first-order valence-electron chi connectivity index (χ1n) is 7.63. The Balaban J connectivity index is 1.99. The normalized spacial score (nSPS) is 11.4. The number of sulfone groups is 1. The van der Waals surface area contributed by atoms with E-state index >= 15 is 0 Å². The van der Waals surface area contributed by atoms with E-state index in [9.17, 15) is 8.42 Å². The Labute approximate surface area is 146 Å². The zero-order valence-electron chi connectivity index (χ0n) is 13.0. The van der Waals surface area contributed by atoms with E-state index in [0.29, 0.717) is 18.1 Å². The van der Waals surface area contributed by atoms with Crippen LogP contribution in [0.15, 0.2) is 52.0 Å². The second-order valence-corrected chi connectivity index (χ2v) is 8.29. The molecule has 0 spiro atoms. The monoisotopic (exact) mass is 397 g/mol. The van der Waals surface area contributed by atoms with E-state index in [1.807, 2.05) is 24.3 Å². The van der Waals surface area contributed by atoms with E-state index in [1.54, 1.807) is 12.1 Å². The molecule has 0 atom stereocenters. The predicted octanol–water partition coefficient (Wildman–Crippen LogP) is 4.99. The maximum absolute atomic E-state index is 12.2. The van der Waals surface area contributed by atoms with Gasteiger partial charge in [0.1, 0.15) is 5.75 Å². The van der Waals surface area contributed by atoms with Crippen LogP contribution in [0.4, 0.5) is 0 Å².